The molecule has 2 rings (SSSR count). The van der Waals surface area contributed by atoms with Crippen molar-refractivity contribution in [2.24, 2.45) is 5.73 Å². The summed E-state index contributed by atoms with van der Waals surface area (Å²) in [5.41, 5.74) is 7.12. The first kappa shape index (κ1) is 14.8. The SMILES string of the molecule is CC1CCN(C)CC(CCN)N1c1cccc(Br)c1. The lowest BCUT2D eigenvalue weighted by Crippen LogP contribution is -2.45. The van der Waals surface area contributed by atoms with Gasteiger partial charge in [0.25, 0.3) is 0 Å². The van der Waals surface area contributed by atoms with Crippen molar-refractivity contribution in [3.63, 3.8) is 0 Å². The van der Waals surface area contributed by atoms with Gasteiger partial charge in [0.1, 0.15) is 0 Å². The first-order chi connectivity index (χ1) is 9.11. The molecule has 2 unspecified atom stereocenters. The largest absolute Gasteiger partial charge is 0.364 e. The molecule has 0 spiro atoms. The molecule has 1 aliphatic rings. The van der Waals surface area contributed by atoms with Crippen LogP contribution in [-0.4, -0.2) is 43.7 Å². The van der Waals surface area contributed by atoms with Crippen LogP contribution in [0.1, 0.15) is 19.8 Å². The lowest BCUT2D eigenvalue weighted by atomic mass is 10.1. The van der Waals surface area contributed by atoms with Gasteiger partial charge in [-0.25, -0.2) is 0 Å². The van der Waals surface area contributed by atoms with E-state index in [4.69, 9.17) is 5.73 Å². The molecular weight excluding hydrogens is 302 g/mol. The third kappa shape index (κ3) is 3.71. The maximum absolute atomic E-state index is 5.82. The first-order valence-electron chi connectivity index (χ1n) is 7.04. The van der Waals surface area contributed by atoms with Gasteiger partial charge in [0.05, 0.1) is 0 Å². The van der Waals surface area contributed by atoms with Crippen LogP contribution in [0.3, 0.4) is 0 Å². The molecule has 1 aromatic carbocycles. The van der Waals surface area contributed by atoms with Gasteiger partial charge in [0.15, 0.2) is 0 Å². The highest BCUT2D eigenvalue weighted by Gasteiger charge is 2.27. The van der Waals surface area contributed by atoms with Gasteiger partial charge in [0.2, 0.25) is 0 Å². The molecule has 0 radical (unpaired) electrons. The summed E-state index contributed by atoms with van der Waals surface area (Å²) in [5, 5.41) is 0. The van der Waals surface area contributed by atoms with Crippen LogP contribution < -0.4 is 10.6 Å². The second-order valence-electron chi connectivity index (χ2n) is 5.52. The Morgan fingerprint density at radius 1 is 1.42 bits per heavy atom. The number of hydrogen-bond donors (Lipinski definition) is 1. The van der Waals surface area contributed by atoms with Crippen molar-refractivity contribution in [3.05, 3.63) is 28.7 Å². The van der Waals surface area contributed by atoms with Crippen LogP contribution in [0.15, 0.2) is 28.7 Å². The zero-order chi connectivity index (χ0) is 13.8. The van der Waals surface area contributed by atoms with E-state index in [9.17, 15) is 0 Å². The molecule has 0 bridgehead atoms. The van der Waals surface area contributed by atoms with Gasteiger partial charge in [-0.2, -0.15) is 0 Å². The minimum atomic E-state index is 0.502. The van der Waals surface area contributed by atoms with Gasteiger partial charge in [-0.3, -0.25) is 0 Å². The lowest BCUT2D eigenvalue weighted by molar-refractivity contribution is 0.326. The molecule has 2 N–H and O–H groups in total. The summed E-state index contributed by atoms with van der Waals surface area (Å²) in [6, 6.07) is 9.66. The average Bonchev–Trinajstić information content (AvgIpc) is 2.49. The highest BCUT2D eigenvalue weighted by atomic mass is 79.9. The number of hydrogen-bond acceptors (Lipinski definition) is 3. The summed E-state index contributed by atoms with van der Waals surface area (Å²) in [5.74, 6) is 0. The molecular formula is C15H24BrN3. The fraction of sp³-hybridized carbons (Fsp3) is 0.600. The van der Waals surface area contributed by atoms with Crippen molar-refractivity contribution >= 4 is 21.6 Å². The maximum atomic E-state index is 5.82. The van der Waals surface area contributed by atoms with Crippen LogP contribution in [-0.2, 0) is 0 Å². The zero-order valence-electron chi connectivity index (χ0n) is 11.8. The maximum Gasteiger partial charge on any atom is 0.0431 e. The number of halogens is 1. The van der Waals surface area contributed by atoms with E-state index in [1.165, 1.54) is 12.1 Å². The van der Waals surface area contributed by atoms with Crippen LogP contribution in [0, 0.1) is 0 Å². The van der Waals surface area contributed by atoms with E-state index in [0.717, 1.165) is 30.5 Å². The second kappa shape index (κ2) is 6.73. The number of likely N-dealkylation sites (N-methyl/N-ethyl adjacent to an activating group) is 1. The fourth-order valence-electron chi connectivity index (χ4n) is 2.97. The summed E-state index contributed by atoms with van der Waals surface area (Å²) in [6.45, 7) is 5.32. The van der Waals surface area contributed by atoms with Crippen LogP contribution in [0.2, 0.25) is 0 Å². The molecule has 0 aromatic heterocycles. The monoisotopic (exact) mass is 325 g/mol. The predicted molar refractivity (Wildman–Crippen MR) is 85.7 cm³/mol. The minimum absolute atomic E-state index is 0.502. The molecule has 2 atom stereocenters. The van der Waals surface area contributed by atoms with Gasteiger partial charge < -0.3 is 15.5 Å². The van der Waals surface area contributed by atoms with Crippen molar-refractivity contribution in [1.82, 2.24) is 4.90 Å². The smallest absolute Gasteiger partial charge is 0.0431 e. The number of nitrogens with two attached hydrogens (primary N) is 1. The van der Waals surface area contributed by atoms with Crippen molar-refractivity contribution in [2.75, 3.05) is 31.6 Å². The van der Waals surface area contributed by atoms with Crippen molar-refractivity contribution in [3.8, 4) is 0 Å². The third-order valence-electron chi connectivity index (χ3n) is 3.93. The molecule has 0 amide bonds. The average molecular weight is 326 g/mol. The summed E-state index contributed by atoms with van der Waals surface area (Å²) in [7, 11) is 2.21. The highest BCUT2D eigenvalue weighted by molar-refractivity contribution is 9.10. The molecule has 0 saturated carbocycles. The lowest BCUT2D eigenvalue weighted by Gasteiger charge is -2.37. The Hall–Kier alpha value is -0.580. The number of anilines is 1. The topological polar surface area (TPSA) is 32.5 Å². The van der Waals surface area contributed by atoms with E-state index in [-0.39, 0.29) is 0 Å². The Kier molecular flexibility index (Phi) is 5.25. The van der Waals surface area contributed by atoms with Crippen molar-refractivity contribution in [2.45, 2.75) is 31.8 Å². The van der Waals surface area contributed by atoms with Crippen molar-refractivity contribution < 1.29 is 0 Å². The van der Waals surface area contributed by atoms with Gasteiger partial charge in [0, 0.05) is 28.8 Å². The molecule has 106 valence electrons. The molecule has 4 heteroatoms. The number of benzene rings is 1. The van der Waals surface area contributed by atoms with E-state index in [1.807, 2.05) is 0 Å². The molecule has 1 heterocycles. The Labute approximate surface area is 124 Å². The number of nitrogens with zero attached hydrogens (tertiary/aromatic N) is 2. The van der Waals surface area contributed by atoms with E-state index in [2.05, 4.69) is 64.0 Å². The summed E-state index contributed by atoms with van der Waals surface area (Å²) in [4.78, 5) is 4.98. The molecule has 1 aromatic rings. The molecule has 1 aliphatic heterocycles. The van der Waals surface area contributed by atoms with E-state index in [1.54, 1.807) is 0 Å². The zero-order valence-corrected chi connectivity index (χ0v) is 13.4. The minimum Gasteiger partial charge on any atom is -0.364 e. The van der Waals surface area contributed by atoms with Crippen LogP contribution >= 0.6 is 15.9 Å². The summed E-state index contributed by atoms with van der Waals surface area (Å²) < 4.78 is 1.14. The van der Waals surface area contributed by atoms with E-state index >= 15 is 0 Å². The predicted octanol–water partition coefficient (Wildman–Crippen LogP) is 2.70. The van der Waals surface area contributed by atoms with Crippen molar-refractivity contribution in [1.29, 1.82) is 0 Å². The molecule has 19 heavy (non-hydrogen) atoms. The van der Waals surface area contributed by atoms with Crippen LogP contribution in [0.4, 0.5) is 5.69 Å². The second-order valence-corrected chi connectivity index (χ2v) is 6.43. The van der Waals surface area contributed by atoms with Crippen LogP contribution in [0.25, 0.3) is 0 Å². The first-order valence-corrected chi connectivity index (χ1v) is 7.83. The van der Waals surface area contributed by atoms with Gasteiger partial charge in [-0.05, 0) is 58.1 Å². The highest BCUT2D eigenvalue weighted by Crippen LogP contribution is 2.28. The van der Waals surface area contributed by atoms with E-state index < -0.39 is 0 Å². The third-order valence-corrected chi connectivity index (χ3v) is 4.42. The fourth-order valence-corrected chi connectivity index (χ4v) is 3.36. The van der Waals surface area contributed by atoms with Gasteiger partial charge in [-0.15, -0.1) is 0 Å². The summed E-state index contributed by atoms with van der Waals surface area (Å²) in [6.07, 6.45) is 2.24. The number of rotatable bonds is 3. The Morgan fingerprint density at radius 2 is 2.21 bits per heavy atom. The van der Waals surface area contributed by atoms with Gasteiger partial charge >= 0.3 is 0 Å². The van der Waals surface area contributed by atoms with Crippen LogP contribution in [0.5, 0.6) is 0 Å². The quantitative estimate of drug-likeness (QED) is 0.927. The standard InChI is InChI=1S/C15H24BrN3/c1-12-7-9-18(2)11-15(6-8-17)19(12)14-5-3-4-13(16)10-14/h3-5,10,12,15H,6-9,11,17H2,1-2H3. The molecule has 3 nitrogen and oxygen atoms in total. The molecule has 1 fully saturated rings. The summed E-state index contributed by atoms with van der Waals surface area (Å²) >= 11 is 3.58. The van der Waals surface area contributed by atoms with Gasteiger partial charge in [-0.1, -0.05) is 22.0 Å². The Balaban J connectivity index is 2.30. The molecule has 1 saturated heterocycles. The normalized spacial score (nSPS) is 25.4. The molecule has 0 aliphatic carbocycles. The Morgan fingerprint density at radius 3 is 2.89 bits per heavy atom. The Bertz CT molecular complexity index is 410. The van der Waals surface area contributed by atoms with E-state index in [0.29, 0.717) is 12.1 Å².